The maximum absolute atomic E-state index is 10.6. The first-order valence-electron chi connectivity index (χ1n) is 3.68. The van der Waals surface area contributed by atoms with E-state index in [1.54, 1.807) is 0 Å². The number of hydrogen-bond acceptors (Lipinski definition) is 4. The Morgan fingerprint density at radius 3 is 1.00 bits per heavy atom. The van der Waals surface area contributed by atoms with E-state index >= 15 is 0 Å². The predicted octanol–water partition coefficient (Wildman–Crippen LogP) is -0.510. The van der Waals surface area contributed by atoms with Gasteiger partial charge >= 0.3 is 0 Å². The van der Waals surface area contributed by atoms with Crippen molar-refractivity contribution in [3.05, 3.63) is 20.8 Å². The van der Waals surface area contributed by atoms with E-state index in [0.717, 1.165) is 0 Å². The molecule has 0 saturated heterocycles. The Kier molecular flexibility index (Phi) is 24.7. The molecule has 83 valence electrons. The molecule has 16 heavy (non-hydrogen) atoms. The summed E-state index contributed by atoms with van der Waals surface area (Å²) in [4.78, 5) is 33.2. The number of hydrogen-bond donors (Lipinski definition) is 0. The van der Waals surface area contributed by atoms with E-state index in [9.17, 15) is 14.4 Å². The predicted molar refractivity (Wildman–Crippen MR) is 47.5 cm³/mol. The fourth-order valence-corrected chi connectivity index (χ4v) is 0.916. The zero-order valence-corrected chi connectivity index (χ0v) is 17.7. The van der Waals surface area contributed by atoms with Gasteiger partial charge in [-0.15, -0.1) is 0 Å². The first-order chi connectivity index (χ1) is 5.91. The summed E-state index contributed by atoms with van der Waals surface area (Å²) in [5, 5.41) is 0. The molecule has 0 aromatic rings. The van der Waals surface area contributed by atoms with Gasteiger partial charge in [0.25, 0.3) is 0 Å². The number of carbonyl (C=O) groups excluding carboxylic acids is 3. The monoisotopic (exact) mass is 449 g/mol. The standard InChI is InChI=1S/C9H12NO3.3Y/c1-7(11)4-10(5-8(2)12)6-9(3)13;;;/h1-6H2;;;/q-3;;;. The van der Waals surface area contributed by atoms with Gasteiger partial charge in [-0.05, 0) is 0 Å². The summed E-state index contributed by atoms with van der Waals surface area (Å²) in [5.41, 5.74) is 0. The summed E-state index contributed by atoms with van der Waals surface area (Å²) in [5.74, 6) is -1.03. The Morgan fingerprint density at radius 1 is 0.688 bits per heavy atom. The molecular formula is C9H12NO3Y3-3. The zero-order valence-electron chi connectivity index (χ0n) is 9.15. The van der Waals surface area contributed by atoms with Gasteiger partial charge in [0, 0.05) is 135 Å². The van der Waals surface area contributed by atoms with E-state index in [1.165, 1.54) is 4.90 Å². The molecule has 0 aliphatic heterocycles. The Labute approximate surface area is 172 Å². The smallest absolute Gasteiger partial charge is 0.0288 e. The topological polar surface area (TPSA) is 54.5 Å². The van der Waals surface area contributed by atoms with Gasteiger partial charge in [0.15, 0.2) is 0 Å². The zero-order chi connectivity index (χ0) is 10.4. The van der Waals surface area contributed by atoms with Crippen LogP contribution in [0.4, 0.5) is 0 Å². The number of rotatable bonds is 6. The van der Waals surface area contributed by atoms with Crippen LogP contribution in [0.1, 0.15) is 0 Å². The average Bonchev–Trinajstić information content (AvgIpc) is 1.80. The minimum absolute atomic E-state index is 0. The molecule has 4 nitrogen and oxygen atoms in total. The summed E-state index contributed by atoms with van der Waals surface area (Å²) >= 11 is 0. The first-order valence-corrected chi connectivity index (χ1v) is 3.68. The summed E-state index contributed by atoms with van der Waals surface area (Å²) in [6.07, 6.45) is 0. The SMILES string of the molecule is [CH2-]C(=O)CN(CC([CH2-])=O)CC([CH2-])=O.[Y].[Y].[Y]. The third kappa shape index (κ3) is 18.3. The third-order valence-electron chi connectivity index (χ3n) is 1.20. The van der Waals surface area contributed by atoms with Crippen molar-refractivity contribution in [2.24, 2.45) is 0 Å². The second kappa shape index (κ2) is 15.0. The van der Waals surface area contributed by atoms with Crippen molar-refractivity contribution >= 4 is 17.3 Å². The van der Waals surface area contributed by atoms with Gasteiger partial charge in [0.05, 0.1) is 0 Å². The molecule has 0 heterocycles. The molecular weight excluding hydrogens is 437 g/mol. The van der Waals surface area contributed by atoms with Gasteiger partial charge in [-0.1, -0.05) is 0 Å². The third-order valence-corrected chi connectivity index (χ3v) is 1.20. The molecule has 0 aromatic carbocycles. The van der Waals surface area contributed by atoms with E-state index < -0.39 is 0 Å². The second-order valence-corrected chi connectivity index (χ2v) is 2.76. The van der Waals surface area contributed by atoms with Crippen molar-refractivity contribution in [3.63, 3.8) is 0 Å². The second-order valence-electron chi connectivity index (χ2n) is 2.76. The van der Waals surface area contributed by atoms with Gasteiger partial charge in [-0.25, -0.2) is 0 Å². The van der Waals surface area contributed by atoms with Crippen LogP contribution in [0, 0.1) is 20.8 Å². The number of carbonyl (C=O) groups is 3. The van der Waals surface area contributed by atoms with Crippen molar-refractivity contribution in [2.45, 2.75) is 0 Å². The van der Waals surface area contributed by atoms with Gasteiger partial charge < -0.3 is 35.2 Å². The van der Waals surface area contributed by atoms with Crippen LogP contribution in [-0.2, 0) is 113 Å². The van der Waals surface area contributed by atoms with Crippen LogP contribution in [0.5, 0.6) is 0 Å². The van der Waals surface area contributed by atoms with E-state index in [0.29, 0.717) is 0 Å². The Morgan fingerprint density at radius 2 is 0.875 bits per heavy atom. The summed E-state index contributed by atoms with van der Waals surface area (Å²) in [7, 11) is 0. The Balaban J connectivity index is -0.000000240. The van der Waals surface area contributed by atoms with E-state index in [4.69, 9.17) is 0 Å². The molecule has 0 unspecified atom stereocenters. The molecule has 0 atom stereocenters. The maximum atomic E-state index is 10.6. The van der Waals surface area contributed by atoms with Crippen LogP contribution in [0.25, 0.3) is 0 Å². The van der Waals surface area contributed by atoms with E-state index in [2.05, 4.69) is 20.8 Å². The molecule has 0 N–H and O–H groups in total. The minimum atomic E-state index is -0.345. The van der Waals surface area contributed by atoms with E-state index in [1.807, 2.05) is 0 Å². The van der Waals surface area contributed by atoms with Gasteiger partial charge in [0.2, 0.25) is 0 Å². The van der Waals surface area contributed by atoms with Crippen molar-refractivity contribution in [1.29, 1.82) is 0 Å². The molecule has 0 aliphatic carbocycles. The molecule has 0 amide bonds. The first kappa shape index (κ1) is 26.5. The minimum Gasteiger partial charge on any atom is -0.338 e. The van der Waals surface area contributed by atoms with Gasteiger partial charge in [-0.3, -0.25) is 4.90 Å². The van der Waals surface area contributed by atoms with Crippen LogP contribution >= 0.6 is 0 Å². The molecule has 0 aliphatic rings. The van der Waals surface area contributed by atoms with Crippen molar-refractivity contribution < 1.29 is 113 Å². The molecule has 0 bridgehead atoms. The van der Waals surface area contributed by atoms with E-state index in [-0.39, 0.29) is 135 Å². The molecule has 3 radical (unpaired) electrons. The number of Topliss-reactive ketones (excluding diaryl/α,β-unsaturated/α-hetero) is 3. The number of ketones is 3. The molecule has 0 saturated carbocycles. The van der Waals surface area contributed by atoms with Gasteiger partial charge in [0.1, 0.15) is 0 Å². The number of nitrogens with zero attached hydrogens (tertiary/aromatic N) is 1. The van der Waals surface area contributed by atoms with Crippen LogP contribution in [-0.4, -0.2) is 41.9 Å². The van der Waals surface area contributed by atoms with Crippen LogP contribution in [0.3, 0.4) is 0 Å². The van der Waals surface area contributed by atoms with Crippen LogP contribution < -0.4 is 0 Å². The maximum Gasteiger partial charge on any atom is 0.0288 e. The van der Waals surface area contributed by atoms with Crippen LogP contribution in [0.15, 0.2) is 0 Å². The summed E-state index contributed by atoms with van der Waals surface area (Å²) < 4.78 is 0. The normalized spacial score (nSPS) is 8.06. The van der Waals surface area contributed by atoms with Crippen molar-refractivity contribution in [1.82, 2.24) is 4.90 Å². The fourth-order valence-electron chi connectivity index (χ4n) is 0.916. The molecule has 0 rings (SSSR count). The molecule has 0 spiro atoms. The van der Waals surface area contributed by atoms with Crippen LogP contribution in [0.2, 0.25) is 0 Å². The molecule has 7 heteroatoms. The van der Waals surface area contributed by atoms with Crippen molar-refractivity contribution in [3.8, 4) is 0 Å². The van der Waals surface area contributed by atoms with Crippen molar-refractivity contribution in [2.75, 3.05) is 19.6 Å². The molecule has 0 fully saturated rings. The molecule has 0 aromatic heterocycles. The fraction of sp³-hybridized carbons (Fsp3) is 0.333. The average molecular weight is 449 g/mol. The summed E-state index contributed by atoms with van der Waals surface area (Å²) in [6, 6.07) is 0. The van der Waals surface area contributed by atoms with Gasteiger partial charge in [-0.2, -0.15) is 0 Å². The summed E-state index contributed by atoms with van der Waals surface area (Å²) in [6.45, 7) is 9.37. The largest absolute Gasteiger partial charge is 0.338 e. The quantitative estimate of drug-likeness (QED) is 0.514. The Hall–Kier alpha value is 1.89. The Bertz CT molecular complexity index is 196.